The van der Waals surface area contributed by atoms with Crippen LogP contribution in [0.25, 0.3) is 0 Å². The van der Waals surface area contributed by atoms with Crippen molar-refractivity contribution in [1.82, 2.24) is 15.2 Å². The number of H-pyrrole nitrogens is 1. The molecule has 0 spiro atoms. The number of aromatic nitrogens is 3. The predicted octanol–water partition coefficient (Wildman–Crippen LogP) is 4.42. The van der Waals surface area contributed by atoms with E-state index in [2.05, 4.69) is 10.1 Å². The number of alkyl halides is 3. The fourth-order valence-corrected chi connectivity index (χ4v) is 2.28. The first kappa shape index (κ1) is 14.5. The van der Waals surface area contributed by atoms with E-state index < -0.39 is 12.0 Å². The molecule has 1 N–H and O–H groups in total. The smallest absolute Gasteiger partial charge is 0.254 e. The third-order valence-electron chi connectivity index (χ3n) is 2.09. The summed E-state index contributed by atoms with van der Waals surface area (Å²) in [6.45, 7) is 0. The lowest BCUT2D eigenvalue weighted by Gasteiger charge is -2.01. The molecule has 0 aliphatic heterocycles. The van der Waals surface area contributed by atoms with Crippen LogP contribution < -0.4 is 0 Å². The number of benzene rings is 1. The minimum absolute atomic E-state index is 0.0263. The highest BCUT2D eigenvalue weighted by molar-refractivity contribution is 7.98. The number of halogens is 5. The van der Waals surface area contributed by atoms with E-state index in [1.807, 2.05) is 5.10 Å². The summed E-state index contributed by atoms with van der Waals surface area (Å²) < 4.78 is 36.9. The van der Waals surface area contributed by atoms with E-state index in [1.165, 1.54) is 0 Å². The van der Waals surface area contributed by atoms with Gasteiger partial charge in [-0.25, -0.2) is 0 Å². The number of hydrogen-bond donors (Lipinski definition) is 1. The summed E-state index contributed by atoms with van der Waals surface area (Å²) in [5.74, 6) is -0.712. The molecule has 3 nitrogen and oxygen atoms in total. The molecular weight excluding hydrogens is 322 g/mol. The molecule has 0 aliphatic rings. The zero-order valence-electron chi connectivity index (χ0n) is 9.13. The van der Waals surface area contributed by atoms with Crippen LogP contribution in [-0.2, 0) is 11.9 Å². The van der Waals surface area contributed by atoms with Gasteiger partial charge in [-0.2, -0.15) is 18.2 Å². The van der Waals surface area contributed by atoms with Crippen LogP contribution in [0, 0.1) is 0 Å². The Kier molecular flexibility index (Phi) is 4.27. The molecule has 0 amide bonds. The van der Waals surface area contributed by atoms with Crippen LogP contribution >= 0.6 is 35.0 Å². The van der Waals surface area contributed by atoms with Crippen LogP contribution in [0.5, 0.6) is 0 Å². The molecule has 1 aromatic heterocycles. The zero-order valence-corrected chi connectivity index (χ0v) is 11.5. The molecule has 102 valence electrons. The van der Waals surface area contributed by atoms with Crippen molar-refractivity contribution in [3.8, 4) is 0 Å². The molecule has 0 saturated carbocycles. The molecule has 0 atom stereocenters. The maximum absolute atomic E-state index is 12.3. The number of nitrogens with zero attached hydrogens (tertiary/aromatic N) is 2. The third kappa shape index (κ3) is 3.77. The van der Waals surface area contributed by atoms with Gasteiger partial charge in [0, 0.05) is 5.75 Å². The Bertz CT molecular complexity index is 586. The first-order chi connectivity index (χ1) is 8.86. The first-order valence-electron chi connectivity index (χ1n) is 4.92. The monoisotopic (exact) mass is 327 g/mol. The van der Waals surface area contributed by atoms with E-state index in [9.17, 15) is 13.2 Å². The maximum Gasteiger partial charge on any atom is 0.451 e. The van der Waals surface area contributed by atoms with Gasteiger partial charge in [-0.15, -0.1) is 5.10 Å². The van der Waals surface area contributed by atoms with Gasteiger partial charge in [0.05, 0.1) is 10.0 Å². The van der Waals surface area contributed by atoms with Crippen LogP contribution in [0.4, 0.5) is 13.2 Å². The van der Waals surface area contributed by atoms with Crippen LogP contribution in [0.15, 0.2) is 23.4 Å². The quantitative estimate of drug-likeness (QED) is 0.848. The van der Waals surface area contributed by atoms with Gasteiger partial charge < -0.3 is 0 Å². The van der Waals surface area contributed by atoms with Gasteiger partial charge in [-0.3, -0.25) is 5.10 Å². The average Bonchev–Trinajstić information content (AvgIpc) is 2.79. The molecule has 0 fully saturated rings. The Morgan fingerprint density at radius 3 is 2.53 bits per heavy atom. The fourth-order valence-electron chi connectivity index (χ4n) is 1.22. The van der Waals surface area contributed by atoms with Gasteiger partial charge >= 0.3 is 6.18 Å². The van der Waals surface area contributed by atoms with E-state index in [0.717, 1.165) is 17.3 Å². The molecule has 0 saturated heterocycles. The van der Waals surface area contributed by atoms with E-state index in [0.29, 0.717) is 15.8 Å². The highest BCUT2D eigenvalue weighted by Crippen LogP contribution is 2.29. The fraction of sp³-hybridized carbons (Fsp3) is 0.200. The molecule has 2 rings (SSSR count). The van der Waals surface area contributed by atoms with Crippen molar-refractivity contribution in [3.05, 3.63) is 39.6 Å². The summed E-state index contributed by atoms with van der Waals surface area (Å²) >= 11 is 12.7. The Balaban J connectivity index is 2.02. The van der Waals surface area contributed by atoms with Gasteiger partial charge in [0.25, 0.3) is 0 Å². The minimum atomic E-state index is -4.52. The van der Waals surface area contributed by atoms with Crippen LogP contribution in [0.1, 0.15) is 11.4 Å². The highest BCUT2D eigenvalue weighted by atomic mass is 35.5. The first-order valence-corrected chi connectivity index (χ1v) is 6.67. The number of nitrogens with one attached hydrogen (secondary N) is 1. The normalized spacial score (nSPS) is 11.8. The lowest BCUT2D eigenvalue weighted by atomic mass is 10.2. The molecule has 0 radical (unpaired) electrons. The Morgan fingerprint density at radius 2 is 1.95 bits per heavy atom. The summed E-state index contributed by atoms with van der Waals surface area (Å²) in [4.78, 5) is 3.35. The van der Waals surface area contributed by atoms with Crippen molar-refractivity contribution in [2.45, 2.75) is 17.1 Å². The van der Waals surface area contributed by atoms with Crippen LogP contribution in [-0.4, -0.2) is 15.2 Å². The predicted molar refractivity (Wildman–Crippen MR) is 67.4 cm³/mol. The van der Waals surface area contributed by atoms with Crippen molar-refractivity contribution >= 4 is 35.0 Å². The molecule has 19 heavy (non-hydrogen) atoms. The van der Waals surface area contributed by atoms with Crippen molar-refractivity contribution in [2.75, 3.05) is 0 Å². The second-order valence-corrected chi connectivity index (χ2v) is 5.26. The van der Waals surface area contributed by atoms with Crippen LogP contribution in [0.2, 0.25) is 10.0 Å². The SMILES string of the molecule is FC(F)(F)c1nc(SCc2ccc(Cl)c(Cl)c2)n[nH]1. The Morgan fingerprint density at radius 1 is 1.21 bits per heavy atom. The lowest BCUT2D eigenvalue weighted by Crippen LogP contribution is -2.07. The van der Waals surface area contributed by atoms with Gasteiger partial charge in [-0.05, 0) is 17.7 Å². The minimum Gasteiger partial charge on any atom is -0.254 e. The summed E-state index contributed by atoms with van der Waals surface area (Å²) in [7, 11) is 0. The van der Waals surface area contributed by atoms with Gasteiger partial charge in [0.2, 0.25) is 11.0 Å². The summed E-state index contributed by atoms with van der Waals surface area (Å²) in [5, 5.41) is 6.18. The summed E-state index contributed by atoms with van der Waals surface area (Å²) in [6.07, 6.45) is -4.52. The number of thioether (sulfide) groups is 1. The van der Waals surface area contributed by atoms with E-state index in [4.69, 9.17) is 23.2 Å². The topological polar surface area (TPSA) is 41.6 Å². The van der Waals surface area contributed by atoms with Crippen molar-refractivity contribution in [2.24, 2.45) is 0 Å². The third-order valence-corrected chi connectivity index (χ3v) is 3.74. The van der Waals surface area contributed by atoms with Crippen LogP contribution in [0.3, 0.4) is 0 Å². The van der Waals surface area contributed by atoms with Gasteiger partial charge in [0.15, 0.2) is 0 Å². The molecule has 0 bridgehead atoms. The molecule has 0 unspecified atom stereocenters. The zero-order chi connectivity index (χ0) is 14.0. The molecule has 1 aromatic carbocycles. The van der Waals surface area contributed by atoms with Crippen molar-refractivity contribution < 1.29 is 13.2 Å². The van der Waals surface area contributed by atoms with Crippen molar-refractivity contribution in [1.29, 1.82) is 0 Å². The molecule has 0 aliphatic carbocycles. The lowest BCUT2D eigenvalue weighted by molar-refractivity contribution is -0.144. The maximum atomic E-state index is 12.3. The second kappa shape index (κ2) is 5.60. The molecule has 1 heterocycles. The molecule has 9 heteroatoms. The van der Waals surface area contributed by atoms with E-state index >= 15 is 0 Å². The average molecular weight is 328 g/mol. The second-order valence-electron chi connectivity index (χ2n) is 3.50. The largest absolute Gasteiger partial charge is 0.451 e. The Hall–Kier alpha value is -0.920. The highest BCUT2D eigenvalue weighted by Gasteiger charge is 2.35. The number of aromatic amines is 1. The van der Waals surface area contributed by atoms with Gasteiger partial charge in [-0.1, -0.05) is 41.0 Å². The Labute approximate surface area is 120 Å². The summed E-state index contributed by atoms with van der Waals surface area (Å²) in [5.41, 5.74) is 0.817. The standard InChI is InChI=1S/C10H6Cl2F3N3S/c11-6-2-1-5(3-7(6)12)4-19-9-16-8(17-18-9)10(13,14)15/h1-3H,4H2,(H,16,17,18). The number of hydrogen-bond acceptors (Lipinski definition) is 3. The molecular formula is C10H6Cl2F3N3S. The molecule has 2 aromatic rings. The van der Waals surface area contributed by atoms with E-state index in [-0.39, 0.29) is 5.16 Å². The number of rotatable bonds is 3. The van der Waals surface area contributed by atoms with Crippen molar-refractivity contribution in [3.63, 3.8) is 0 Å². The summed E-state index contributed by atoms with van der Waals surface area (Å²) in [6, 6.07) is 5.01. The van der Waals surface area contributed by atoms with Gasteiger partial charge in [0.1, 0.15) is 0 Å². The van der Waals surface area contributed by atoms with E-state index in [1.54, 1.807) is 18.2 Å².